The summed E-state index contributed by atoms with van der Waals surface area (Å²) in [5, 5.41) is 4.02. The van der Waals surface area contributed by atoms with Crippen LogP contribution in [0.5, 0.6) is 11.5 Å². The van der Waals surface area contributed by atoms with Gasteiger partial charge in [0.15, 0.2) is 17.5 Å². The molecule has 13 rings (SSSR count). The average Bonchev–Trinajstić information content (AvgIpc) is 3.94. The summed E-state index contributed by atoms with van der Waals surface area (Å²) in [6.07, 6.45) is 0. The smallest absolute Gasteiger partial charge is 0.164 e. The maximum atomic E-state index is 6.85. The number of hydrogen-bond acceptors (Lipinski definition) is 6. The Kier molecular flexibility index (Phi) is 6.28. The predicted octanol–water partition coefficient (Wildman–Crippen LogP) is 13.1. The number of ether oxygens (including phenoxy) is 1. The zero-order valence-electron chi connectivity index (χ0n) is 30.8. The Morgan fingerprint density at radius 3 is 1.79 bits per heavy atom. The molecule has 8 aromatic carbocycles. The summed E-state index contributed by atoms with van der Waals surface area (Å²) >= 11 is 0. The van der Waals surface area contributed by atoms with Gasteiger partial charge < -0.3 is 13.6 Å². The highest BCUT2D eigenvalue weighted by Gasteiger charge is 2.51. The summed E-state index contributed by atoms with van der Waals surface area (Å²) in [5.74, 6) is 3.45. The van der Waals surface area contributed by atoms with Gasteiger partial charge in [-0.3, -0.25) is 0 Å². The van der Waals surface area contributed by atoms with Crippen molar-refractivity contribution in [2.24, 2.45) is 0 Å². The Labute approximate surface area is 331 Å². The monoisotopic (exact) mass is 743 g/mol. The zero-order chi connectivity index (χ0) is 38.0. The number of fused-ring (bicyclic) bond motifs is 15. The van der Waals surface area contributed by atoms with Crippen LogP contribution in [-0.4, -0.2) is 15.0 Å². The summed E-state index contributed by atoms with van der Waals surface area (Å²) < 4.78 is 19.6. The Balaban J connectivity index is 1.07. The lowest BCUT2D eigenvalue weighted by Crippen LogP contribution is -2.32. The summed E-state index contributed by atoms with van der Waals surface area (Å²) in [6.45, 7) is 0. The highest BCUT2D eigenvalue weighted by molar-refractivity contribution is 6.14. The van der Waals surface area contributed by atoms with Gasteiger partial charge in [-0.2, -0.15) is 0 Å². The molecular formula is C52H29N3O3. The molecule has 0 amide bonds. The van der Waals surface area contributed by atoms with E-state index in [1.807, 2.05) is 84.9 Å². The molecule has 0 saturated carbocycles. The van der Waals surface area contributed by atoms with Gasteiger partial charge in [0.05, 0.1) is 5.41 Å². The first kappa shape index (κ1) is 31.4. The molecule has 1 aliphatic carbocycles. The maximum absolute atomic E-state index is 6.85. The lowest BCUT2D eigenvalue weighted by molar-refractivity contribution is 0.436. The minimum absolute atomic E-state index is 0.568. The molecule has 6 nitrogen and oxygen atoms in total. The number of furan rings is 2. The molecule has 0 saturated heterocycles. The highest BCUT2D eigenvalue weighted by atomic mass is 16.5. The number of benzene rings is 8. The summed E-state index contributed by atoms with van der Waals surface area (Å²) in [5.41, 5.74) is 12.3. The fourth-order valence-electron chi connectivity index (χ4n) is 9.56. The Morgan fingerprint density at radius 1 is 0.345 bits per heavy atom. The quantitative estimate of drug-likeness (QED) is 0.179. The molecule has 1 aliphatic heterocycles. The Bertz CT molecular complexity index is 3460. The molecule has 0 atom stereocenters. The van der Waals surface area contributed by atoms with Crippen molar-refractivity contribution in [1.29, 1.82) is 0 Å². The lowest BCUT2D eigenvalue weighted by Gasteiger charge is -2.39. The van der Waals surface area contributed by atoms with Gasteiger partial charge in [-0.15, -0.1) is 0 Å². The van der Waals surface area contributed by atoms with Crippen LogP contribution < -0.4 is 4.74 Å². The van der Waals surface area contributed by atoms with Gasteiger partial charge in [-0.25, -0.2) is 15.0 Å². The predicted molar refractivity (Wildman–Crippen MR) is 228 cm³/mol. The molecule has 270 valence electrons. The molecule has 0 unspecified atom stereocenters. The van der Waals surface area contributed by atoms with Crippen LogP contribution in [0.1, 0.15) is 22.3 Å². The van der Waals surface area contributed by atoms with Crippen LogP contribution in [0, 0.1) is 0 Å². The molecule has 58 heavy (non-hydrogen) atoms. The SMILES string of the molecule is c1ccc(-c2nc(-c3ccc4oc5ccccc5c4c3)nc(-c3cccc4oc5cc6c(cc5c34)-c3ccccc3C63c4ccccc4Oc4ccccc43)n2)cc1. The number of hydrogen-bond donors (Lipinski definition) is 0. The van der Waals surface area contributed by atoms with E-state index in [1.165, 1.54) is 16.7 Å². The molecule has 6 heteroatoms. The Morgan fingerprint density at radius 2 is 0.966 bits per heavy atom. The van der Waals surface area contributed by atoms with Crippen molar-refractivity contribution in [1.82, 2.24) is 15.0 Å². The van der Waals surface area contributed by atoms with Crippen LogP contribution in [0.25, 0.3) is 89.2 Å². The molecule has 2 aliphatic rings. The average molecular weight is 744 g/mol. The van der Waals surface area contributed by atoms with E-state index in [1.54, 1.807) is 0 Å². The molecule has 0 bridgehead atoms. The van der Waals surface area contributed by atoms with Gasteiger partial charge in [-0.1, -0.05) is 121 Å². The van der Waals surface area contributed by atoms with Gasteiger partial charge >= 0.3 is 0 Å². The minimum Gasteiger partial charge on any atom is -0.457 e. The van der Waals surface area contributed by atoms with Crippen molar-refractivity contribution in [2.75, 3.05) is 0 Å². The summed E-state index contributed by atoms with van der Waals surface area (Å²) in [7, 11) is 0. The fourth-order valence-corrected chi connectivity index (χ4v) is 9.56. The van der Waals surface area contributed by atoms with E-state index >= 15 is 0 Å². The second-order valence-electron chi connectivity index (χ2n) is 15.0. The second kappa shape index (κ2) is 11.6. The molecule has 3 aromatic heterocycles. The van der Waals surface area contributed by atoms with Gasteiger partial charge in [-0.05, 0) is 76.9 Å². The topological polar surface area (TPSA) is 74.2 Å². The minimum atomic E-state index is -0.595. The first-order valence-corrected chi connectivity index (χ1v) is 19.4. The lowest BCUT2D eigenvalue weighted by atomic mass is 9.66. The standard InChI is InChI=1S/C52H29N3O3/c1-2-13-30(14-3-1)49-53-50(31-25-26-43-36(27-31)33-16-5-9-21-42(33)56-43)55-51(54-49)34-17-12-24-46-48(34)37-28-35-32-15-4-6-18-38(32)52(41(35)29-47(37)58-46)39-19-7-10-22-44(39)57-45-23-11-8-20-40(45)52/h1-29H. The molecule has 0 N–H and O–H groups in total. The van der Waals surface area contributed by atoms with Crippen molar-refractivity contribution in [3.63, 3.8) is 0 Å². The number of nitrogens with zero attached hydrogens (tertiary/aromatic N) is 3. The maximum Gasteiger partial charge on any atom is 0.164 e. The number of rotatable bonds is 3. The number of aromatic nitrogens is 3. The second-order valence-corrected chi connectivity index (χ2v) is 15.0. The van der Waals surface area contributed by atoms with Crippen LogP contribution in [0.15, 0.2) is 185 Å². The van der Waals surface area contributed by atoms with Crippen LogP contribution in [-0.2, 0) is 5.41 Å². The van der Waals surface area contributed by atoms with Gasteiger partial charge in [0, 0.05) is 49.4 Å². The van der Waals surface area contributed by atoms with Gasteiger partial charge in [0.25, 0.3) is 0 Å². The Hall–Kier alpha value is -7.83. The van der Waals surface area contributed by atoms with E-state index in [2.05, 4.69) is 91.0 Å². The van der Waals surface area contributed by atoms with Crippen LogP contribution in [0.3, 0.4) is 0 Å². The third kappa shape index (κ3) is 4.23. The summed E-state index contributed by atoms with van der Waals surface area (Å²) in [4.78, 5) is 15.5. The largest absolute Gasteiger partial charge is 0.457 e. The van der Waals surface area contributed by atoms with Crippen LogP contribution in [0.2, 0.25) is 0 Å². The van der Waals surface area contributed by atoms with Crippen molar-refractivity contribution < 1.29 is 13.6 Å². The highest BCUT2D eigenvalue weighted by Crippen LogP contribution is 2.62. The van der Waals surface area contributed by atoms with E-state index in [9.17, 15) is 0 Å². The fraction of sp³-hybridized carbons (Fsp3) is 0.0192. The third-order valence-corrected chi connectivity index (χ3v) is 12.0. The van der Waals surface area contributed by atoms with Crippen molar-refractivity contribution >= 4 is 43.9 Å². The summed E-state index contributed by atoms with van der Waals surface area (Å²) in [6, 6.07) is 60.6. The zero-order valence-corrected chi connectivity index (χ0v) is 30.8. The normalized spacial score (nSPS) is 13.4. The van der Waals surface area contributed by atoms with Crippen LogP contribution in [0.4, 0.5) is 0 Å². The molecule has 0 fully saturated rings. The molecule has 1 spiro atoms. The van der Waals surface area contributed by atoms with E-state index in [0.29, 0.717) is 17.5 Å². The third-order valence-electron chi connectivity index (χ3n) is 12.0. The molecule has 4 heterocycles. The van der Waals surface area contributed by atoms with E-state index in [4.69, 9.17) is 28.5 Å². The van der Waals surface area contributed by atoms with Crippen LogP contribution >= 0.6 is 0 Å². The van der Waals surface area contributed by atoms with E-state index in [-0.39, 0.29) is 0 Å². The van der Waals surface area contributed by atoms with Crippen molar-refractivity contribution in [3.8, 4) is 56.8 Å². The van der Waals surface area contributed by atoms with Gasteiger partial charge in [0.2, 0.25) is 0 Å². The molecule has 0 radical (unpaired) electrons. The first-order valence-electron chi connectivity index (χ1n) is 19.4. The van der Waals surface area contributed by atoms with E-state index < -0.39 is 5.41 Å². The molecular weight excluding hydrogens is 715 g/mol. The first-order chi connectivity index (χ1) is 28.7. The number of para-hydroxylation sites is 3. The van der Waals surface area contributed by atoms with Crippen molar-refractivity contribution in [2.45, 2.75) is 5.41 Å². The van der Waals surface area contributed by atoms with Gasteiger partial charge in [0.1, 0.15) is 33.8 Å². The molecule has 11 aromatic rings. The van der Waals surface area contributed by atoms with E-state index in [0.717, 1.165) is 88.8 Å². The van der Waals surface area contributed by atoms with Crippen molar-refractivity contribution in [3.05, 3.63) is 198 Å².